The maximum Gasteiger partial charge on any atom is 0.258 e. The molecule has 34 heavy (non-hydrogen) atoms. The van der Waals surface area contributed by atoms with Gasteiger partial charge in [0.1, 0.15) is 11.9 Å². The van der Waals surface area contributed by atoms with Crippen molar-refractivity contribution in [3.05, 3.63) is 111 Å². The highest BCUT2D eigenvalue weighted by molar-refractivity contribution is 6.31. The van der Waals surface area contributed by atoms with Gasteiger partial charge in [-0.15, -0.1) is 5.10 Å². The van der Waals surface area contributed by atoms with E-state index >= 15 is 0 Å². The lowest BCUT2D eigenvalue weighted by Crippen LogP contribution is -2.21. The normalized spacial score (nSPS) is 14.7. The van der Waals surface area contributed by atoms with Gasteiger partial charge in [0.15, 0.2) is 0 Å². The number of rotatable bonds is 4. The van der Waals surface area contributed by atoms with Crippen molar-refractivity contribution in [2.45, 2.75) is 13.0 Å². The number of benzene rings is 3. The van der Waals surface area contributed by atoms with Crippen molar-refractivity contribution in [2.24, 2.45) is 0 Å². The number of hydrogen-bond acceptors (Lipinski definition) is 4. The lowest BCUT2D eigenvalue weighted by Gasteiger charge is -2.25. The molecular weight excluding hydrogens is 476 g/mol. The first-order chi connectivity index (χ1) is 16.4. The van der Waals surface area contributed by atoms with Crippen LogP contribution in [0.2, 0.25) is 10.0 Å². The molecule has 1 aromatic heterocycles. The highest BCUT2D eigenvalue weighted by atomic mass is 35.5. The third-order valence-corrected chi connectivity index (χ3v) is 6.04. The Morgan fingerprint density at radius 1 is 1.06 bits per heavy atom. The number of aryl methyl sites for hydroxylation is 1. The topological polar surface area (TPSA) is 71.8 Å². The predicted octanol–water partition coefficient (Wildman–Crippen LogP) is 6.34. The summed E-state index contributed by atoms with van der Waals surface area (Å²) >= 11 is 12.3. The van der Waals surface area contributed by atoms with Crippen LogP contribution in [0.4, 0.5) is 16.3 Å². The standard InChI is InChI=1S/C25H18Cl2FN5O/c1-14-5-7-15(8-6-14)20-13-21(22-18(27)3-2-4-19(22)28)33-25(29-20)31-24(32-33)30-23(34)16-9-11-17(26)12-10-16/h2-13,21H,1H3,(H2,29,30,31,32,34). The van der Waals surface area contributed by atoms with Crippen molar-refractivity contribution in [3.63, 3.8) is 0 Å². The number of anilines is 2. The van der Waals surface area contributed by atoms with E-state index in [1.54, 1.807) is 36.4 Å². The van der Waals surface area contributed by atoms with Crippen molar-refractivity contribution in [1.29, 1.82) is 0 Å². The molecule has 2 N–H and O–H groups in total. The van der Waals surface area contributed by atoms with Gasteiger partial charge < -0.3 is 5.32 Å². The molecule has 0 saturated carbocycles. The summed E-state index contributed by atoms with van der Waals surface area (Å²) in [6.45, 7) is 2.00. The summed E-state index contributed by atoms with van der Waals surface area (Å²) < 4.78 is 16.4. The van der Waals surface area contributed by atoms with Crippen molar-refractivity contribution < 1.29 is 9.18 Å². The minimum atomic E-state index is -0.685. The van der Waals surface area contributed by atoms with Gasteiger partial charge in [-0.1, -0.05) is 59.1 Å². The Kier molecular flexibility index (Phi) is 5.81. The Morgan fingerprint density at radius 3 is 2.50 bits per heavy atom. The largest absolute Gasteiger partial charge is 0.324 e. The molecule has 0 fully saturated rings. The van der Waals surface area contributed by atoms with Crippen LogP contribution in [0, 0.1) is 12.7 Å². The minimum Gasteiger partial charge on any atom is -0.324 e. The summed E-state index contributed by atoms with van der Waals surface area (Å²) in [4.78, 5) is 17.1. The lowest BCUT2D eigenvalue weighted by atomic mass is 10.0. The summed E-state index contributed by atoms with van der Waals surface area (Å²) in [7, 11) is 0. The summed E-state index contributed by atoms with van der Waals surface area (Å²) in [6, 6.07) is 18.2. The Morgan fingerprint density at radius 2 is 1.79 bits per heavy atom. The highest BCUT2D eigenvalue weighted by Gasteiger charge is 2.29. The molecule has 0 saturated heterocycles. The fourth-order valence-electron chi connectivity index (χ4n) is 3.72. The third-order valence-electron chi connectivity index (χ3n) is 5.46. The smallest absolute Gasteiger partial charge is 0.258 e. The molecule has 1 aliphatic rings. The second kappa shape index (κ2) is 8.93. The van der Waals surface area contributed by atoms with Gasteiger partial charge in [-0.2, -0.15) is 4.98 Å². The number of halogens is 3. The molecule has 170 valence electrons. The molecule has 1 unspecified atom stereocenters. The van der Waals surface area contributed by atoms with Crippen molar-refractivity contribution in [2.75, 3.05) is 10.6 Å². The first-order valence-electron chi connectivity index (χ1n) is 10.4. The van der Waals surface area contributed by atoms with E-state index in [9.17, 15) is 9.18 Å². The van der Waals surface area contributed by atoms with Crippen LogP contribution in [-0.2, 0) is 0 Å². The molecule has 9 heteroatoms. The lowest BCUT2D eigenvalue weighted by molar-refractivity contribution is 0.102. The van der Waals surface area contributed by atoms with Crippen LogP contribution in [0.25, 0.3) is 5.70 Å². The van der Waals surface area contributed by atoms with Gasteiger partial charge in [0.2, 0.25) is 5.95 Å². The summed E-state index contributed by atoms with van der Waals surface area (Å²) in [5.74, 6) is -0.453. The molecule has 2 heterocycles. The molecule has 1 atom stereocenters. The quantitative estimate of drug-likeness (QED) is 0.347. The molecule has 4 aromatic rings. The Bertz CT molecular complexity index is 1390. The van der Waals surface area contributed by atoms with Gasteiger partial charge in [-0.25, -0.2) is 9.07 Å². The molecule has 0 radical (unpaired) electrons. The minimum absolute atomic E-state index is 0.0680. The van der Waals surface area contributed by atoms with Gasteiger partial charge >= 0.3 is 0 Å². The van der Waals surface area contributed by atoms with E-state index in [2.05, 4.69) is 20.7 Å². The summed E-state index contributed by atoms with van der Waals surface area (Å²) in [5.41, 5.74) is 3.39. The van der Waals surface area contributed by atoms with Gasteiger partial charge in [0.25, 0.3) is 11.9 Å². The molecule has 0 aliphatic carbocycles. The molecule has 6 nitrogen and oxygen atoms in total. The van der Waals surface area contributed by atoms with E-state index in [1.165, 1.54) is 10.7 Å². The second-order valence-corrected chi connectivity index (χ2v) is 8.66. The van der Waals surface area contributed by atoms with Gasteiger partial charge in [-0.05, 0) is 55.0 Å². The molecule has 1 aliphatic heterocycles. The number of carbonyl (C=O) groups excluding carboxylic acids is 1. The highest BCUT2D eigenvalue weighted by Crippen LogP contribution is 2.37. The molecule has 3 aromatic carbocycles. The number of aromatic nitrogens is 3. The maximum atomic E-state index is 14.9. The number of amides is 1. The maximum absolute atomic E-state index is 14.9. The Labute approximate surface area is 205 Å². The van der Waals surface area contributed by atoms with E-state index in [0.29, 0.717) is 16.5 Å². The second-order valence-electron chi connectivity index (χ2n) is 7.82. The summed E-state index contributed by atoms with van der Waals surface area (Å²) in [5, 5.41) is 11.1. The third kappa shape index (κ3) is 4.27. The van der Waals surface area contributed by atoms with Gasteiger partial charge in [0.05, 0.1) is 0 Å². The van der Waals surface area contributed by atoms with E-state index in [4.69, 9.17) is 23.2 Å². The van der Waals surface area contributed by atoms with E-state index in [0.717, 1.165) is 16.8 Å². The Balaban J connectivity index is 1.55. The van der Waals surface area contributed by atoms with Crippen LogP contribution in [0.1, 0.15) is 33.1 Å². The molecule has 0 spiro atoms. The summed E-state index contributed by atoms with van der Waals surface area (Å²) in [6.07, 6.45) is 1.83. The fourth-order valence-corrected chi connectivity index (χ4v) is 4.12. The van der Waals surface area contributed by atoms with Crippen molar-refractivity contribution in [1.82, 2.24) is 14.8 Å². The number of fused-ring (bicyclic) bond motifs is 1. The van der Waals surface area contributed by atoms with Crippen LogP contribution >= 0.6 is 23.2 Å². The monoisotopic (exact) mass is 493 g/mol. The fraction of sp³-hybridized carbons (Fsp3) is 0.0800. The van der Waals surface area contributed by atoms with E-state index < -0.39 is 17.8 Å². The van der Waals surface area contributed by atoms with Crippen molar-refractivity contribution >= 4 is 46.7 Å². The number of allylic oxidation sites excluding steroid dienone is 1. The van der Waals surface area contributed by atoms with Gasteiger partial charge in [-0.3, -0.25) is 10.1 Å². The first kappa shape index (κ1) is 22.1. The van der Waals surface area contributed by atoms with E-state index in [1.807, 2.05) is 37.3 Å². The zero-order valence-corrected chi connectivity index (χ0v) is 19.4. The number of nitrogens with one attached hydrogen (secondary N) is 2. The SMILES string of the molecule is Cc1ccc(C2=CC(c3c(F)cccc3Cl)n3nc(NC(=O)c4ccc(Cl)cc4)nc3N2)cc1. The average molecular weight is 494 g/mol. The van der Waals surface area contributed by atoms with Gasteiger partial charge in [0, 0.05) is 26.9 Å². The zero-order valence-electron chi connectivity index (χ0n) is 17.9. The van der Waals surface area contributed by atoms with Crippen LogP contribution in [-0.4, -0.2) is 20.7 Å². The predicted molar refractivity (Wildman–Crippen MR) is 132 cm³/mol. The zero-order chi connectivity index (χ0) is 23.8. The number of carbonyl (C=O) groups is 1. The average Bonchev–Trinajstić information content (AvgIpc) is 3.22. The Hall–Kier alpha value is -3.68. The molecule has 5 rings (SSSR count). The van der Waals surface area contributed by atoms with Crippen LogP contribution < -0.4 is 10.6 Å². The van der Waals surface area contributed by atoms with Crippen LogP contribution in [0.5, 0.6) is 0 Å². The van der Waals surface area contributed by atoms with Crippen molar-refractivity contribution in [3.8, 4) is 0 Å². The van der Waals surface area contributed by atoms with E-state index in [-0.39, 0.29) is 16.5 Å². The van der Waals surface area contributed by atoms with Crippen LogP contribution in [0.15, 0.2) is 72.8 Å². The number of nitrogens with zero attached hydrogens (tertiary/aromatic N) is 3. The van der Waals surface area contributed by atoms with Crippen LogP contribution in [0.3, 0.4) is 0 Å². The first-order valence-corrected chi connectivity index (χ1v) is 11.2. The molecule has 1 amide bonds. The molecule has 0 bridgehead atoms. The number of hydrogen-bond donors (Lipinski definition) is 2. The molecular formula is C25H18Cl2FN5O.